The molecule has 3 atom stereocenters. The van der Waals surface area contributed by atoms with Crippen molar-refractivity contribution in [3.05, 3.63) is 0 Å². The fraction of sp³-hybridized carbons (Fsp3) is 1.00. The van der Waals surface area contributed by atoms with Crippen LogP contribution in [0, 0.1) is 17.3 Å². The van der Waals surface area contributed by atoms with Crippen molar-refractivity contribution in [1.29, 1.82) is 0 Å². The minimum absolute atomic E-state index is 0.554. The zero-order valence-corrected chi connectivity index (χ0v) is 13.5. The minimum atomic E-state index is 0.554. The van der Waals surface area contributed by atoms with Gasteiger partial charge in [-0.1, -0.05) is 33.1 Å². The lowest BCUT2D eigenvalue weighted by atomic mass is 9.72. The quantitative estimate of drug-likeness (QED) is 0.837. The summed E-state index contributed by atoms with van der Waals surface area (Å²) in [5, 5.41) is 3.48. The Bertz CT molecular complexity index is 265. The van der Waals surface area contributed by atoms with E-state index >= 15 is 0 Å². The van der Waals surface area contributed by atoms with Gasteiger partial charge in [0.05, 0.1) is 0 Å². The van der Waals surface area contributed by atoms with Crippen LogP contribution in [0.1, 0.15) is 59.3 Å². The molecule has 0 amide bonds. The van der Waals surface area contributed by atoms with Crippen LogP contribution >= 0.6 is 0 Å². The fourth-order valence-corrected chi connectivity index (χ4v) is 4.54. The summed E-state index contributed by atoms with van der Waals surface area (Å²) in [6.45, 7) is 11.2. The zero-order valence-electron chi connectivity index (χ0n) is 13.5. The Morgan fingerprint density at radius 1 is 1.11 bits per heavy atom. The van der Waals surface area contributed by atoms with Crippen molar-refractivity contribution in [3.8, 4) is 0 Å². The summed E-state index contributed by atoms with van der Waals surface area (Å²) in [4.78, 5) is 2.81. The molecule has 2 heteroatoms. The Kier molecular flexibility index (Phi) is 5.30. The van der Waals surface area contributed by atoms with Crippen molar-refractivity contribution in [2.45, 2.75) is 65.3 Å². The molecular weight excluding hydrogens is 232 g/mol. The Balaban J connectivity index is 2.02. The van der Waals surface area contributed by atoms with Gasteiger partial charge in [-0.3, -0.25) is 4.90 Å². The van der Waals surface area contributed by atoms with Crippen LogP contribution in [0.4, 0.5) is 0 Å². The van der Waals surface area contributed by atoms with Crippen LogP contribution in [0.2, 0.25) is 0 Å². The molecule has 1 heterocycles. The second-order valence-electron chi connectivity index (χ2n) is 7.58. The molecule has 0 aromatic carbocycles. The van der Waals surface area contributed by atoms with Crippen molar-refractivity contribution < 1.29 is 0 Å². The standard InChI is InChI=1S/C17H34N2/c1-14-10-15(2)16(3)19(11-14)13-17(12-18-4)8-6-5-7-9-17/h14-16,18H,5-13H2,1-4H3. The van der Waals surface area contributed by atoms with Gasteiger partial charge in [-0.05, 0) is 50.5 Å². The lowest BCUT2D eigenvalue weighted by molar-refractivity contribution is 0.0215. The van der Waals surface area contributed by atoms with Crippen molar-refractivity contribution in [3.63, 3.8) is 0 Å². The largest absolute Gasteiger partial charge is 0.319 e. The van der Waals surface area contributed by atoms with Gasteiger partial charge in [-0.25, -0.2) is 0 Å². The molecule has 1 aliphatic carbocycles. The number of piperidine rings is 1. The second kappa shape index (κ2) is 6.58. The van der Waals surface area contributed by atoms with Gasteiger partial charge < -0.3 is 5.32 Å². The summed E-state index contributed by atoms with van der Waals surface area (Å²) in [6, 6.07) is 0.770. The normalized spacial score (nSPS) is 36.3. The van der Waals surface area contributed by atoms with Gasteiger partial charge >= 0.3 is 0 Å². The van der Waals surface area contributed by atoms with Crippen molar-refractivity contribution in [2.24, 2.45) is 17.3 Å². The van der Waals surface area contributed by atoms with Crippen LogP contribution in [0.5, 0.6) is 0 Å². The molecule has 1 saturated heterocycles. The number of nitrogens with one attached hydrogen (secondary N) is 1. The Morgan fingerprint density at radius 3 is 2.42 bits per heavy atom. The van der Waals surface area contributed by atoms with Crippen molar-refractivity contribution >= 4 is 0 Å². The minimum Gasteiger partial charge on any atom is -0.319 e. The number of hydrogen-bond donors (Lipinski definition) is 1. The van der Waals surface area contributed by atoms with Crippen LogP contribution in [0.25, 0.3) is 0 Å². The third-order valence-corrected chi connectivity index (χ3v) is 5.72. The van der Waals surface area contributed by atoms with E-state index in [9.17, 15) is 0 Å². The first-order valence-electron chi connectivity index (χ1n) is 8.45. The molecule has 0 aromatic rings. The summed E-state index contributed by atoms with van der Waals surface area (Å²) >= 11 is 0. The summed E-state index contributed by atoms with van der Waals surface area (Å²) in [7, 11) is 2.13. The molecule has 19 heavy (non-hydrogen) atoms. The zero-order chi connectivity index (χ0) is 13.9. The maximum Gasteiger partial charge on any atom is 0.00930 e. The first kappa shape index (κ1) is 15.3. The highest BCUT2D eigenvalue weighted by atomic mass is 15.2. The summed E-state index contributed by atoms with van der Waals surface area (Å²) in [6.07, 6.45) is 8.61. The molecule has 0 spiro atoms. The fourth-order valence-electron chi connectivity index (χ4n) is 4.54. The van der Waals surface area contributed by atoms with E-state index in [1.54, 1.807) is 0 Å². The van der Waals surface area contributed by atoms with Gasteiger partial charge in [0.1, 0.15) is 0 Å². The molecule has 2 rings (SSSR count). The molecule has 0 aromatic heterocycles. The van der Waals surface area contributed by atoms with Crippen molar-refractivity contribution in [2.75, 3.05) is 26.7 Å². The molecule has 1 aliphatic heterocycles. The van der Waals surface area contributed by atoms with E-state index in [0.717, 1.165) is 17.9 Å². The van der Waals surface area contributed by atoms with E-state index in [4.69, 9.17) is 0 Å². The number of likely N-dealkylation sites (tertiary alicyclic amines) is 1. The van der Waals surface area contributed by atoms with Crippen LogP contribution in [0.3, 0.4) is 0 Å². The van der Waals surface area contributed by atoms with Crippen LogP contribution in [-0.2, 0) is 0 Å². The Hall–Kier alpha value is -0.0800. The first-order chi connectivity index (χ1) is 9.06. The Morgan fingerprint density at radius 2 is 1.79 bits per heavy atom. The predicted octanol–water partition coefficient (Wildman–Crippen LogP) is 3.52. The summed E-state index contributed by atoms with van der Waals surface area (Å²) in [5.41, 5.74) is 0.554. The number of nitrogens with zero attached hydrogens (tertiary/aromatic N) is 1. The maximum atomic E-state index is 3.48. The van der Waals surface area contributed by atoms with Gasteiger partial charge in [-0.15, -0.1) is 0 Å². The molecule has 3 unspecified atom stereocenters. The molecule has 1 N–H and O–H groups in total. The molecule has 2 aliphatic rings. The second-order valence-corrected chi connectivity index (χ2v) is 7.58. The topological polar surface area (TPSA) is 15.3 Å². The van der Waals surface area contributed by atoms with Crippen LogP contribution in [-0.4, -0.2) is 37.6 Å². The van der Waals surface area contributed by atoms with E-state index in [1.165, 1.54) is 58.2 Å². The van der Waals surface area contributed by atoms with Crippen LogP contribution in [0.15, 0.2) is 0 Å². The van der Waals surface area contributed by atoms with E-state index in [1.807, 2.05) is 0 Å². The van der Waals surface area contributed by atoms with Crippen LogP contribution < -0.4 is 5.32 Å². The molecule has 2 fully saturated rings. The molecular formula is C17H34N2. The maximum absolute atomic E-state index is 3.48. The average Bonchev–Trinajstić information content (AvgIpc) is 2.37. The van der Waals surface area contributed by atoms with Gasteiger partial charge in [0, 0.05) is 25.7 Å². The third-order valence-electron chi connectivity index (χ3n) is 5.72. The highest BCUT2D eigenvalue weighted by molar-refractivity contribution is 4.91. The lowest BCUT2D eigenvalue weighted by Crippen LogP contribution is -2.52. The molecule has 0 bridgehead atoms. The van der Waals surface area contributed by atoms with Gasteiger partial charge in [0.25, 0.3) is 0 Å². The lowest BCUT2D eigenvalue weighted by Gasteiger charge is -2.47. The number of rotatable bonds is 4. The first-order valence-corrected chi connectivity index (χ1v) is 8.45. The van der Waals surface area contributed by atoms with Gasteiger partial charge in [0.2, 0.25) is 0 Å². The van der Waals surface area contributed by atoms with E-state index < -0.39 is 0 Å². The molecule has 112 valence electrons. The van der Waals surface area contributed by atoms with E-state index in [-0.39, 0.29) is 0 Å². The Labute approximate surface area is 120 Å². The average molecular weight is 266 g/mol. The van der Waals surface area contributed by atoms with Crippen molar-refractivity contribution in [1.82, 2.24) is 10.2 Å². The smallest absolute Gasteiger partial charge is 0.00930 e. The van der Waals surface area contributed by atoms with E-state index in [0.29, 0.717) is 5.41 Å². The predicted molar refractivity (Wildman–Crippen MR) is 83.4 cm³/mol. The van der Waals surface area contributed by atoms with E-state index in [2.05, 4.69) is 38.0 Å². The van der Waals surface area contributed by atoms with Gasteiger partial charge in [0.15, 0.2) is 0 Å². The third kappa shape index (κ3) is 3.72. The summed E-state index contributed by atoms with van der Waals surface area (Å²) in [5.74, 6) is 1.74. The summed E-state index contributed by atoms with van der Waals surface area (Å²) < 4.78 is 0. The highest BCUT2D eigenvalue weighted by Gasteiger charge is 2.37. The molecule has 2 nitrogen and oxygen atoms in total. The van der Waals surface area contributed by atoms with Gasteiger partial charge in [-0.2, -0.15) is 0 Å². The molecule has 0 radical (unpaired) electrons. The molecule has 1 saturated carbocycles. The highest BCUT2D eigenvalue weighted by Crippen LogP contribution is 2.39. The number of hydrogen-bond acceptors (Lipinski definition) is 2. The monoisotopic (exact) mass is 266 g/mol. The SMILES string of the molecule is CNCC1(CN2CC(C)CC(C)C2C)CCCCC1.